The number of nitrogens with one attached hydrogen (secondary N) is 2. The monoisotopic (exact) mass is 369 g/mol. The molecule has 2 N–H and O–H groups in total. The van der Waals surface area contributed by atoms with Gasteiger partial charge >= 0.3 is 0 Å². The van der Waals surface area contributed by atoms with Crippen LogP contribution in [0.25, 0.3) is 0 Å². The Morgan fingerprint density at radius 3 is 2.30 bits per heavy atom. The van der Waals surface area contributed by atoms with Crippen LogP contribution in [0, 0.1) is 0 Å². The summed E-state index contributed by atoms with van der Waals surface area (Å²) in [5, 5.41) is 6.42. The van der Waals surface area contributed by atoms with Crippen LogP contribution in [0.2, 0.25) is 0 Å². The predicted octanol–water partition coefficient (Wildman–Crippen LogP) is 1.90. The van der Waals surface area contributed by atoms with Crippen LogP contribution < -0.4 is 20.2 Å². The van der Waals surface area contributed by atoms with Crippen LogP contribution in [-0.2, 0) is 16.0 Å². The highest BCUT2D eigenvalue weighted by Gasteiger charge is 2.06. The van der Waals surface area contributed by atoms with Gasteiger partial charge in [0.05, 0.1) is 32.9 Å². The summed E-state index contributed by atoms with van der Waals surface area (Å²) < 4.78 is 10.4. The topological polar surface area (TPSA) is 89.0 Å². The second-order valence-electron chi connectivity index (χ2n) is 5.60. The molecule has 0 spiro atoms. The number of benzene rings is 2. The maximum Gasteiger partial charge on any atom is 0.259 e. The lowest BCUT2D eigenvalue weighted by Gasteiger charge is -2.05. The molecule has 0 unspecified atom stereocenters. The van der Waals surface area contributed by atoms with Gasteiger partial charge in [0.15, 0.2) is 0 Å². The summed E-state index contributed by atoms with van der Waals surface area (Å²) in [6, 6.07) is 14.5. The Bertz CT molecular complexity index is 771. The van der Waals surface area contributed by atoms with Gasteiger partial charge in [-0.3, -0.25) is 9.59 Å². The quantitative estimate of drug-likeness (QED) is 0.522. The van der Waals surface area contributed by atoms with E-state index in [-0.39, 0.29) is 18.9 Å². The van der Waals surface area contributed by atoms with E-state index in [1.165, 1.54) is 6.21 Å². The smallest absolute Gasteiger partial charge is 0.259 e. The lowest BCUT2D eigenvalue weighted by molar-refractivity contribution is -0.125. The van der Waals surface area contributed by atoms with Crippen LogP contribution in [-0.4, -0.2) is 38.3 Å². The molecule has 2 aromatic carbocycles. The number of amides is 2. The molecular formula is C20H23N3O4. The summed E-state index contributed by atoms with van der Waals surface area (Å²) >= 11 is 0. The molecule has 0 heterocycles. The summed E-state index contributed by atoms with van der Waals surface area (Å²) in [7, 11) is 1.58. The fourth-order valence-electron chi connectivity index (χ4n) is 2.21. The molecule has 0 aromatic heterocycles. The van der Waals surface area contributed by atoms with Gasteiger partial charge in [0.2, 0.25) is 5.91 Å². The minimum absolute atomic E-state index is 0.143. The zero-order chi connectivity index (χ0) is 19.5. The van der Waals surface area contributed by atoms with Crippen molar-refractivity contribution < 1.29 is 19.1 Å². The van der Waals surface area contributed by atoms with Gasteiger partial charge in [-0.05, 0) is 54.4 Å². The molecule has 2 aromatic rings. The highest BCUT2D eigenvalue weighted by atomic mass is 16.5. The van der Waals surface area contributed by atoms with Gasteiger partial charge < -0.3 is 14.8 Å². The van der Waals surface area contributed by atoms with E-state index < -0.39 is 5.91 Å². The number of carbonyl (C=O) groups is 2. The highest BCUT2D eigenvalue weighted by molar-refractivity contribution is 5.87. The predicted molar refractivity (Wildman–Crippen MR) is 103 cm³/mol. The van der Waals surface area contributed by atoms with Gasteiger partial charge in [0.25, 0.3) is 5.91 Å². The SMILES string of the molecule is CCOc1ccc(/C=N\NC(=O)CNC(=O)Cc2ccc(OC)cc2)cc1. The Morgan fingerprint density at radius 2 is 1.67 bits per heavy atom. The largest absolute Gasteiger partial charge is 0.497 e. The maximum atomic E-state index is 11.9. The fourth-order valence-corrected chi connectivity index (χ4v) is 2.21. The van der Waals surface area contributed by atoms with Crippen molar-refractivity contribution in [3.8, 4) is 11.5 Å². The van der Waals surface area contributed by atoms with Gasteiger partial charge in [0.1, 0.15) is 11.5 Å². The molecule has 0 fully saturated rings. The molecule has 0 saturated heterocycles. The number of ether oxygens (including phenoxy) is 2. The Kier molecular flexibility index (Phi) is 7.84. The number of nitrogens with zero attached hydrogens (tertiary/aromatic N) is 1. The fraction of sp³-hybridized carbons (Fsp3) is 0.250. The summed E-state index contributed by atoms with van der Waals surface area (Å²) in [5.74, 6) is 0.855. The summed E-state index contributed by atoms with van der Waals surface area (Å²) in [6.45, 7) is 2.38. The van der Waals surface area contributed by atoms with Gasteiger partial charge in [-0.25, -0.2) is 5.43 Å². The first kappa shape index (κ1) is 20.0. The molecule has 0 radical (unpaired) electrons. The first-order valence-corrected chi connectivity index (χ1v) is 8.55. The molecule has 0 aliphatic carbocycles. The van der Waals surface area contributed by atoms with Crippen molar-refractivity contribution in [1.29, 1.82) is 0 Å². The molecule has 0 aliphatic rings. The van der Waals surface area contributed by atoms with Gasteiger partial charge in [-0.1, -0.05) is 12.1 Å². The summed E-state index contributed by atoms with van der Waals surface area (Å²) in [6.07, 6.45) is 1.71. The molecule has 0 bridgehead atoms. The van der Waals surface area contributed by atoms with Crippen molar-refractivity contribution in [1.82, 2.24) is 10.7 Å². The Hall–Kier alpha value is -3.35. The lowest BCUT2D eigenvalue weighted by atomic mass is 10.1. The molecule has 7 nitrogen and oxygen atoms in total. The van der Waals surface area contributed by atoms with Crippen LogP contribution in [0.5, 0.6) is 11.5 Å². The second kappa shape index (κ2) is 10.6. The van der Waals surface area contributed by atoms with Gasteiger partial charge in [-0.2, -0.15) is 5.10 Å². The van der Waals surface area contributed by atoms with Crippen LogP contribution in [0.3, 0.4) is 0 Å². The van der Waals surface area contributed by atoms with Crippen LogP contribution >= 0.6 is 0 Å². The normalized spacial score (nSPS) is 10.4. The number of carbonyl (C=O) groups excluding carboxylic acids is 2. The molecule has 7 heteroatoms. The molecule has 2 rings (SSSR count). The zero-order valence-corrected chi connectivity index (χ0v) is 15.4. The van der Waals surface area contributed by atoms with Crippen molar-refractivity contribution >= 4 is 18.0 Å². The third kappa shape index (κ3) is 7.19. The van der Waals surface area contributed by atoms with Crippen LogP contribution in [0.4, 0.5) is 0 Å². The number of hydrogen-bond acceptors (Lipinski definition) is 5. The van der Waals surface area contributed by atoms with E-state index >= 15 is 0 Å². The first-order valence-electron chi connectivity index (χ1n) is 8.55. The van der Waals surface area contributed by atoms with Crippen molar-refractivity contribution in [3.63, 3.8) is 0 Å². The van der Waals surface area contributed by atoms with Gasteiger partial charge in [-0.15, -0.1) is 0 Å². The van der Waals surface area contributed by atoms with Crippen molar-refractivity contribution in [2.75, 3.05) is 20.3 Å². The van der Waals surface area contributed by atoms with Crippen LogP contribution in [0.15, 0.2) is 53.6 Å². The Balaban J connectivity index is 1.70. The molecule has 0 atom stereocenters. The zero-order valence-electron chi connectivity index (χ0n) is 15.4. The Labute approximate surface area is 158 Å². The number of rotatable bonds is 9. The first-order chi connectivity index (χ1) is 13.1. The second-order valence-corrected chi connectivity index (χ2v) is 5.60. The van der Waals surface area contributed by atoms with Crippen molar-refractivity contribution in [2.45, 2.75) is 13.3 Å². The summed E-state index contributed by atoms with van der Waals surface area (Å²) in [5.41, 5.74) is 4.03. The van der Waals surface area contributed by atoms with Crippen LogP contribution in [0.1, 0.15) is 18.1 Å². The molecule has 0 saturated carbocycles. The molecule has 142 valence electrons. The average Bonchev–Trinajstić information content (AvgIpc) is 2.68. The number of hydrazone groups is 1. The number of methoxy groups -OCH3 is 1. The number of hydrogen-bond donors (Lipinski definition) is 2. The minimum atomic E-state index is -0.403. The third-order valence-corrected chi connectivity index (χ3v) is 3.56. The van der Waals surface area contributed by atoms with E-state index in [2.05, 4.69) is 15.8 Å². The van der Waals surface area contributed by atoms with E-state index in [9.17, 15) is 9.59 Å². The molecule has 0 aliphatic heterocycles. The highest BCUT2D eigenvalue weighted by Crippen LogP contribution is 2.12. The van der Waals surface area contributed by atoms with E-state index in [1.807, 2.05) is 31.2 Å². The Morgan fingerprint density at radius 1 is 1.00 bits per heavy atom. The van der Waals surface area contributed by atoms with E-state index in [0.717, 1.165) is 22.6 Å². The van der Waals surface area contributed by atoms with Gasteiger partial charge in [0, 0.05) is 0 Å². The molecule has 2 amide bonds. The van der Waals surface area contributed by atoms with E-state index in [0.29, 0.717) is 6.61 Å². The third-order valence-electron chi connectivity index (χ3n) is 3.56. The van der Waals surface area contributed by atoms with E-state index in [1.54, 1.807) is 31.4 Å². The molecule has 27 heavy (non-hydrogen) atoms. The lowest BCUT2D eigenvalue weighted by Crippen LogP contribution is -2.35. The summed E-state index contributed by atoms with van der Waals surface area (Å²) in [4.78, 5) is 23.6. The average molecular weight is 369 g/mol. The maximum absolute atomic E-state index is 11.9. The van der Waals surface area contributed by atoms with Crippen molar-refractivity contribution in [2.24, 2.45) is 5.10 Å². The van der Waals surface area contributed by atoms with E-state index in [4.69, 9.17) is 9.47 Å². The standard InChI is InChI=1S/C20H23N3O4/c1-3-27-18-10-6-16(7-11-18)13-22-23-20(25)14-21-19(24)12-15-4-8-17(26-2)9-5-15/h4-11,13H,3,12,14H2,1-2H3,(H,21,24)(H,23,25)/b22-13-. The minimum Gasteiger partial charge on any atom is -0.497 e. The van der Waals surface area contributed by atoms with Crippen molar-refractivity contribution in [3.05, 3.63) is 59.7 Å². The molecular weight excluding hydrogens is 346 g/mol.